The van der Waals surface area contributed by atoms with Crippen LogP contribution in [-0.2, 0) is 11.2 Å². The molecule has 0 unspecified atom stereocenters. The highest BCUT2D eigenvalue weighted by Gasteiger charge is 2.11. The van der Waals surface area contributed by atoms with Gasteiger partial charge in [0, 0.05) is 5.56 Å². The van der Waals surface area contributed by atoms with Gasteiger partial charge in [-0.25, -0.2) is 0 Å². The van der Waals surface area contributed by atoms with Crippen molar-refractivity contribution >= 4 is 17.6 Å². The van der Waals surface area contributed by atoms with Gasteiger partial charge in [-0.05, 0) is 42.8 Å². The molecule has 0 aliphatic carbocycles. The summed E-state index contributed by atoms with van der Waals surface area (Å²) in [7, 11) is 0. The van der Waals surface area contributed by atoms with Gasteiger partial charge in [0.05, 0.1) is 11.4 Å². The van der Waals surface area contributed by atoms with Crippen molar-refractivity contribution in [3.05, 3.63) is 52.5 Å². The molecule has 0 aromatic heterocycles. The Balaban J connectivity index is 2.35. The number of hydrogen-bond acceptors (Lipinski definition) is 3. The number of carbonyl (C=O) groups is 1. The molecule has 0 atom stereocenters. The van der Waals surface area contributed by atoms with Crippen molar-refractivity contribution in [3.63, 3.8) is 0 Å². The fourth-order valence-electron chi connectivity index (χ4n) is 1.77. The van der Waals surface area contributed by atoms with Crippen molar-refractivity contribution in [1.82, 2.24) is 0 Å². The molecule has 0 spiro atoms. The lowest BCUT2D eigenvalue weighted by molar-refractivity contribution is -0.136. The Morgan fingerprint density at radius 2 is 1.90 bits per heavy atom. The van der Waals surface area contributed by atoms with Crippen LogP contribution in [0.25, 0.3) is 0 Å². The van der Waals surface area contributed by atoms with Gasteiger partial charge in [-0.1, -0.05) is 17.7 Å². The highest BCUT2D eigenvalue weighted by molar-refractivity contribution is 6.32. The summed E-state index contributed by atoms with van der Waals surface area (Å²) < 4.78 is 5.64. The Morgan fingerprint density at radius 1 is 1.20 bits per heavy atom. The van der Waals surface area contributed by atoms with Crippen LogP contribution in [0.15, 0.2) is 36.4 Å². The van der Waals surface area contributed by atoms with E-state index in [-0.39, 0.29) is 12.2 Å². The average Bonchev–Trinajstić information content (AvgIpc) is 2.34. The van der Waals surface area contributed by atoms with Crippen molar-refractivity contribution in [2.45, 2.75) is 13.3 Å². The van der Waals surface area contributed by atoms with Gasteiger partial charge in [0.2, 0.25) is 0 Å². The molecular formula is C15H13ClO4. The molecule has 2 N–H and O–H groups in total. The first-order chi connectivity index (χ1) is 9.45. The van der Waals surface area contributed by atoms with Crippen LogP contribution in [0.4, 0.5) is 0 Å². The molecule has 104 valence electrons. The average molecular weight is 293 g/mol. The monoisotopic (exact) mass is 292 g/mol. The van der Waals surface area contributed by atoms with Gasteiger partial charge in [-0.3, -0.25) is 4.79 Å². The van der Waals surface area contributed by atoms with E-state index in [1.165, 1.54) is 18.2 Å². The minimum absolute atomic E-state index is 0.0106. The predicted molar refractivity (Wildman–Crippen MR) is 75.7 cm³/mol. The van der Waals surface area contributed by atoms with Crippen LogP contribution in [0.1, 0.15) is 11.1 Å². The van der Waals surface area contributed by atoms with Crippen molar-refractivity contribution in [2.75, 3.05) is 0 Å². The number of aryl methyl sites for hydroxylation is 1. The largest absolute Gasteiger partial charge is 0.508 e. The normalized spacial score (nSPS) is 10.3. The van der Waals surface area contributed by atoms with Gasteiger partial charge < -0.3 is 14.9 Å². The Kier molecular flexibility index (Phi) is 4.15. The number of halogens is 1. The minimum atomic E-state index is -1.00. The van der Waals surface area contributed by atoms with Gasteiger partial charge in [-0.2, -0.15) is 0 Å². The number of phenolic OH excluding ortho intramolecular Hbond substituents is 1. The smallest absolute Gasteiger partial charge is 0.307 e. The quantitative estimate of drug-likeness (QED) is 0.900. The SMILES string of the molecule is Cc1ccc(Oc2ccc(O)cc2CC(=O)O)c(Cl)c1. The van der Waals surface area contributed by atoms with Gasteiger partial charge in [-0.15, -0.1) is 0 Å². The molecule has 0 heterocycles. The molecule has 5 heteroatoms. The van der Waals surface area contributed by atoms with E-state index in [1.54, 1.807) is 12.1 Å². The zero-order chi connectivity index (χ0) is 14.7. The predicted octanol–water partition coefficient (Wildman–Crippen LogP) is 3.77. The maximum atomic E-state index is 10.8. The van der Waals surface area contributed by atoms with Crippen molar-refractivity contribution < 1.29 is 19.7 Å². The third-order valence-electron chi connectivity index (χ3n) is 2.69. The second kappa shape index (κ2) is 5.84. The summed E-state index contributed by atoms with van der Waals surface area (Å²) in [6.07, 6.45) is -0.243. The maximum Gasteiger partial charge on any atom is 0.307 e. The van der Waals surface area contributed by atoms with E-state index >= 15 is 0 Å². The molecule has 20 heavy (non-hydrogen) atoms. The lowest BCUT2D eigenvalue weighted by atomic mass is 10.1. The fourth-order valence-corrected chi connectivity index (χ4v) is 2.05. The molecule has 0 saturated carbocycles. The number of ether oxygens (including phenoxy) is 1. The Morgan fingerprint density at radius 3 is 2.55 bits per heavy atom. The topological polar surface area (TPSA) is 66.8 Å². The molecule has 0 radical (unpaired) electrons. The van der Waals surface area contributed by atoms with E-state index < -0.39 is 5.97 Å². The summed E-state index contributed by atoms with van der Waals surface area (Å²) in [6, 6.07) is 9.64. The lowest BCUT2D eigenvalue weighted by Gasteiger charge is -2.12. The van der Waals surface area contributed by atoms with E-state index in [2.05, 4.69) is 0 Å². The van der Waals surface area contributed by atoms with Crippen LogP contribution in [0.2, 0.25) is 5.02 Å². The van der Waals surface area contributed by atoms with E-state index in [1.807, 2.05) is 13.0 Å². The van der Waals surface area contributed by atoms with Crippen molar-refractivity contribution in [3.8, 4) is 17.2 Å². The standard InChI is InChI=1S/C15H13ClO4/c1-9-2-4-14(12(16)6-9)20-13-5-3-11(17)7-10(13)8-15(18)19/h2-7,17H,8H2,1H3,(H,18,19). The highest BCUT2D eigenvalue weighted by Crippen LogP contribution is 2.33. The van der Waals surface area contributed by atoms with Crippen LogP contribution >= 0.6 is 11.6 Å². The second-order valence-electron chi connectivity index (χ2n) is 4.40. The highest BCUT2D eigenvalue weighted by atomic mass is 35.5. The molecule has 2 aromatic rings. The van der Waals surface area contributed by atoms with E-state index in [0.717, 1.165) is 5.56 Å². The Bertz CT molecular complexity index is 652. The number of carboxylic acid groups (broad SMARTS) is 1. The minimum Gasteiger partial charge on any atom is -0.508 e. The summed E-state index contributed by atoms with van der Waals surface area (Å²) >= 11 is 6.08. The number of aromatic hydroxyl groups is 1. The number of phenols is 1. The van der Waals surface area contributed by atoms with Gasteiger partial charge in [0.15, 0.2) is 0 Å². The zero-order valence-corrected chi connectivity index (χ0v) is 11.5. The third-order valence-corrected chi connectivity index (χ3v) is 2.99. The summed E-state index contributed by atoms with van der Waals surface area (Å²) in [6.45, 7) is 1.91. The Hall–Kier alpha value is -2.20. The number of carboxylic acids is 1. The fraction of sp³-hybridized carbons (Fsp3) is 0.133. The van der Waals surface area contributed by atoms with Crippen LogP contribution in [0, 0.1) is 6.92 Å². The number of hydrogen-bond donors (Lipinski definition) is 2. The first kappa shape index (κ1) is 14.2. The van der Waals surface area contributed by atoms with Gasteiger partial charge in [0.1, 0.15) is 17.2 Å². The lowest BCUT2D eigenvalue weighted by Crippen LogP contribution is -2.02. The Labute approximate surface area is 121 Å². The summed E-state index contributed by atoms with van der Waals surface area (Å²) in [5.74, 6) is -0.218. The van der Waals surface area contributed by atoms with Crippen LogP contribution < -0.4 is 4.74 Å². The maximum absolute atomic E-state index is 10.8. The summed E-state index contributed by atoms with van der Waals surface area (Å²) in [5, 5.41) is 18.8. The van der Waals surface area contributed by atoms with E-state index in [0.29, 0.717) is 22.1 Å². The van der Waals surface area contributed by atoms with E-state index in [9.17, 15) is 9.90 Å². The van der Waals surface area contributed by atoms with Gasteiger partial charge in [0.25, 0.3) is 0 Å². The molecule has 2 rings (SSSR count). The van der Waals surface area contributed by atoms with Crippen LogP contribution in [-0.4, -0.2) is 16.2 Å². The molecule has 0 fully saturated rings. The molecular weight excluding hydrogens is 280 g/mol. The number of benzene rings is 2. The van der Waals surface area contributed by atoms with E-state index in [4.69, 9.17) is 21.4 Å². The molecule has 0 aliphatic rings. The molecule has 4 nitrogen and oxygen atoms in total. The van der Waals surface area contributed by atoms with Crippen LogP contribution in [0.5, 0.6) is 17.2 Å². The summed E-state index contributed by atoms with van der Waals surface area (Å²) in [5.41, 5.74) is 1.38. The zero-order valence-electron chi connectivity index (χ0n) is 10.8. The van der Waals surface area contributed by atoms with Gasteiger partial charge >= 0.3 is 5.97 Å². The molecule has 0 saturated heterocycles. The molecule has 0 bridgehead atoms. The molecule has 0 aliphatic heterocycles. The van der Waals surface area contributed by atoms with Crippen molar-refractivity contribution in [2.24, 2.45) is 0 Å². The first-order valence-corrected chi connectivity index (χ1v) is 6.31. The molecule has 2 aromatic carbocycles. The molecule has 0 amide bonds. The third kappa shape index (κ3) is 3.42. The number of aliphatic carboxylic acids is 1. The second-order valence-corrected chi connectivity index (χ2v) is 4.81. The van der Waals surface area contributed by atoms with Crippen molar-refractivity contribution in [1.29, 1.82) is 0 Å². The van der Waals surface area contributed by atoms with Crippen LogP contribution in [0.3, 0.4) is 0 Å². The summed E-state index contributed by atoms with van der Waals surface area (Å²) in [4.78, 5) is 10.8. The first-order valence-electron chi connectivity index (χ1n) is 5.93. The number of rotatable bonds is 4.